The van der Waals surface area contributed by atoms with Crippen LogP contribution in [-0.4, -0.2) is 5.11 Å². The molecule has 0 amide bonds. The van der Waals surface area contributed by atoms with E-state index in [0.717, 1.165) is 29.5 Å². The molecule has 0 heterocycles. The minimum absolute atomic E-state index is 0.425. The van der Waals surface area contributed by atoms with Crippen molar-refractivity contribution in [1.29, 1.82) is 0 Å². The number of phenols is 1. The number of hydrogen-bond donors (Lipinski definition) is 1. The fourth-order valence-corrected chi connectivity index (χ4v) is 1.74. The van der Waals surface area contributed by atoms with Gasteiger partial charge in [0, 0.05) is 0 Å². The van der Waals surface area contributed by atoms with Crippen LogP contribution < -0.4 is 0 Å². The Morgan fingerprint density at radius 1 is 1.33 bits per heavy atom. The molecule has 1 nitrogen and oxygen atoms in total. The van der Waals surface area contributed by atoms with Crippen LogP contribution in [-0.2, 0) is 6.42 Å². The van der Waals surface area contributed by atoms with Gasteiger partial charge in [0.2, 0.25) is 0 Å². The maximum atomic E-state index is 9.78. The highest BCUT2D eigenvalue weighted by Crippen LogP contribution is 2.24. The molecular weight excluding hydrogens is 184 g/mol. The second kappa shape index (κ2) is 5.59. The first-order chi connectivity index (χ1) is 7.19. The predicted molar refractivity (Wildman–Crippen MR) is 66.2 cm³/mol. The lowest BCUT2D eigenvalue weighted by Crippen LogP contribution is -1.90. The fourth-order valence-electron chi connectivity index (χ4n) is 1.74. The summed E-state index contributed by atoms with van der Waals surface area (Å²) in [6, 6.07) is 3.88. The summed E-state index contributed by atoms with van der Waals surface area (Å²) in [5.74, 6) is 0.425. The fraction of sp³-hybridized carbons (Fsp3) is 0.429. The lowest BCUT2D eigenvalue weighted by molar-refractivity contribution is 0.466. The van der Waals surface area contributed by atoms with Gasteiger partial charge in [-0.2, -0.15) is 0 Å². The van der Waals surface area contributed by atoms with Gasteiger partial charge in [-0.05, 0) is 48.6 Å². The Bertz CT molecular complexity index is 339. The smallest absolute Gasteiger partial charge is 0.119 e. The topological polar surface area (TPSA) is 20.2 Å². The van der Waals surface area contributed by atoms with E-state index in [4.69, 9.17) is 0 Å². The van der Waals surface area contributed by atoms with E-state index in [1.54, 1.807) is 0 Å². The van der Waals surface area contributed by atoms with Crippen molar-refractivity contribution >= 4 is 6.08 Å². The van der Waals surface area contributed by atoms with Crippen molar-refractivity contribution in [3.63, 3.8) is 0 Å². The summed E-state index contributed by atoms with van der Waals surface area (Å²) in [5.41, 5.74) is 3.25. The summed E-state index contributed by atoms with van der Waals surface area (Å²) in [5, 5.41) is 9.78. The van der Waals surface area contributed by atoms with E-state index in [9.17, 15) is 5.11 Å². The highest BCUT2D eigenvalue weighted by atomic mass is 16.3. The van der Waals surface area contributed by atoms with Crippen molar-refractivity contribution in [3.05, 3.63) is 35.4 Å². The lowest BCUT2D eigenvalue weighted by Gasteiger charge is -2.08. The van der Waals surface area contributed by atoms with E-state index in [2.05, 4.69) is 13.5 Å². The summed E-state index contributed by atoms with van der Waals surface area (Å²) < 4.78 is 0. The van der Waals surface area contributed by atoms with Gasteiger partial charge in [0.25, 0.3) is 0 Å². The molecule has 0 spiro atoms. The zero-order chi connectivity index (χ0) is 11.3. The predicted octanol–water partition coefficient (Wildman–Crippen LogP) is 4.08. The molecule has 1 N–H and O–H groups in total. The highest BCUT2D eigenvalue weighted by Gasteiger charge is 2.04. The molecule has 0 unspecified atom stereocenters. The van der Waals surface area contributed by atoms with Crippen molar-refractivity contribution in [3.8, 4) is 5.75 Å². The minimum atomic E-state index is 0.425. The third kappa shape index (κ3) is 3.12. The average molecular weight is 204 g/mol. The Morgan fingerprint density at radius 2 is 2.07 bits per heavy atom. The molecule has 0 aliphatic heterocycles. The standard InChI is InChI=1S/C14H20O/c1-4-6-7-8-13-10-12(5-2)11(3)9-14(13)15/h5,9-10,15H,2,4,6-8H2,1,3H3. The first-order valence-electron chi connectivity index (χ1n) is 5.64. The molecule has 1 rings (SSSR count). The van der Waals surface area contributed by atoms with Gasteiger partial charge in [-0.15, -0.1) is 0 Å². The third-order valence-corrected chi connectivity index (χ3v) is 2.74. The molecule has 1 heteroatoms. The van der Waals surface area contributed by atoms with Crippen molar-refractivity contribution in [2.45, 2.75) is 39.5 Å². The third-order valence-electron chi connectivity index (χ3n) is 2.74. The Hall–Kier alpha value is -1.24. The molecule has 0 fully saturated rings. The van der Waals surface area contributed by atoms with Crippen LogP contribution in [0.4, 0.5) is 0 Å². The number of aryl methyl sites for hydroxylation is 2. The summed E-state index contributed by atoms with van der Waals surface area (Å²) in [6.45, 7) is 7.95. The van der Waals surface area contributed by atoms with E-state index in [1.165, 1.54) is 12.8 Å². The normalized spacial score (nSPS) is 10.3. The van der Waals surface area contributed by atoms with Gasteiger partial charge >= 0.3 is 0 Å². The van der Waals surface area contributed by atoms with E-state index in [1.807, 2.05) is 25.1 Å². The number of aromatic hydroxyl groups is 1. The lowest BCUT2D eigenvalue weighted by atomic mass is 10.00. The van der Waals surface area contributed by atoms with E-state index >= 15 is 0 Å². The number of rotatable bonds is 5. The number of unbranched alkanes of at least 4 members (excludes halogenated alkanes) is 2. The van der Waals surface area contributed by atoms with Gasteiger partial charge in [-0.1, -0.05) is 32.4 Å². The van der Waals surface area contributed by atoms with Crippen LogP contribution in [0.1, 0.15) is 42.9 Å². The van der Waals surface area contributed by atoms with Crippen molar-refractivity contribution < 1.29 is 5.11 Å². The maximum absolute atomic E-state index is 9.78. The van der Waals surface area contributed by atoms with Gasteiger partial charge < -0.3 is 5.11 Å². The van der Waals surface area contributed by atoms with Gasteiger partial charge in [0.15, 0.2) is 0 Å². The molecule has 0 aromatic heterocycles. The van der Waals surface area contributed by atoms with E-state index in [0.29, 0.717) is 5.75 Å². The molecule has 1 aromatic rings. The number of hydrogen-bond acceptors (Lipinski definition) is 1. The van der Waals surface area contributed by atoms with Crippen LogP contribution in [0.3, 0.4) is 0 Å². The first kappa shape index (κ1) is 11.8. The van der Waals surface area contributed by atoms with Gasteiger partial charge in [-0.3, -0.25) is 0 Å². The highest BCUT2D eigenvalue weighted by molar-refractivity contribution is 5.56. The van der Waals surface area contributed by atoms with Crippen molar-refractivity contribution in [2.75, 3.05) is 0 Å². The molecule has 82 valence electrons. The maximum Gasteiger partial charge on any atom is 0.119 e. The Morgan fingerprint density at radius 3 is 2.67 bits per heavy atom. The largest absolute Gasteiger partial charge is 0.508 e. The van der Waals surface area contributed by atoms with Crippen molar-refractivity contribution in [2.24, 2.45) is 0 Å². The zero-order valence-electron chi connectivity index (χ0n) is 9.71. The summed E-state index contributed by atoms with van der Waals surface area (Å²) in [4.78, 5) is 0. The van der Waals surface area contributed by atoms with Crippen molar-refractivity contribution in [1.82, 2.24) is 0 Å². The Kier molecular flexibility index (Phi) is 4.41. The summed E-state index contributed by atoms with van der Waals surface area (Å²) in [6.07, 6.45) is 6.38. The zero-order valence-corrected chi connectivity index (χ0v) is 9.71. The monoisotopic (exact) mass is 204 g/mol. The van der Waals surface area contributed by atoms with Crippen LogP contribution in [0.5, 0.6) is 5.75 Å². The molecule has 0 saturated carbocycles. The van der Waals surface area contributed by atoms with Gasteiger partial charge in [0.05, 0.1) is 0 Å². The first-order valence-corrected chi connectivity index (χ1v) is 5.64. The van der Waals surface area contributed by atoms with Gasteiger partial charge in [-0.25, -0.2) is 0 Å². The number of benzene rings is 1. The molecule has 0 bridgehead atoms. The molecule has 0 aliphatic rings. The average Bonchev–Trinajstić information content (AvgIpc) is 2.21. The molecule has 0 saturated heterocycles. The number of phenolic OH excluding ortho intramolecular Hbond substituents is 1. The Labute approximate surface area is 92.5 Å². The summed E-state index contributed by atoms with van der Waals surface area (Å²) >= 11 is 0. The molecule has 0 radical (unpaired) electrons. The van der Waals surface area contributed by atoms with Crippen LogP contribution in [0.25, 0.3) is 6.08 Å². The molecule has 0 atom stereocenters. The molecule has 1 aromatic carbocycles. The molecule has 15 heavy (non-hydrogen) atoms. The second-order valence-electron chi connectivity index (χ2n) is 4.00. The molecule has 0 aliphatic carbocycles. The SMILES string of the molecule is C=Cc1cc(CCCCC)c(O)cc1C. The van der Waals surface area contributed by atoms with Crippen LogP contribution in [0.2, 0.25) is 0 Å². The van der Waals surface area contributed by atoms with Crippen LogP contribution in [0, 0.1) is 6.92 Å². The quantitative estimate of drug-likeness (QED) is 0.717. The van der Waals surface area contributed by atoms with E-state index in [-0.39, 0.29) is 0 Å². The van der Waals surface area contributed by atoms with E-state index < -0.39 is 0 Å². The van der Waals surface area contributed by atoms with Crippen LogP contribution in [0.15, 0.2) is 18.7 Å². The summed E-state index contributed by atoms with van der Waals surface area (Å²) in [7, 11) is 0. The Balaban J connectivity index is 2.82. The minimum Gasteiger partial charge on any atom is -0.508 e. The second-order valence-corrected chi connectivity index (χ2v) is 4.00. The van der Waals surface area contributed by atoms with Gasteiger partial charge in [0.1, 0.15) is 5.75 Å². The van der Waals surface area contributed by atoms with Crippen LogP contribution >= 0.6 is 0 Å². The molecular formula is C14H20O.